The summed E-state index contributed by atoms with van der Waals surface area (Å²) in [4.78, 5) is -0.151. The molecular formula is C11H11FN2O3S. The van der Waals surface area contributed by atoms with Crippen molar-refractivity contribution in [3.05, 3.63) is 29.6 Å². The molecule has 1 aromatic carbocycles. The summed E-state index contributed by atoms with van der Waals surface area (Å²) in [5.74, 6) is -0.754. The summed E-state index contributed by atoms with van der Waals surface area (Å²) in [6.07, 6.45) is 0.262. The fourth-order valence-corrected chi connectivity index (χ4v) is 3.02. The Bertz CT molecular complexity index is 603. The van der Waals surface area contributed by atoms with Gasteiger partial charge in [-0.1, -0.05) is 0 Å². The molecule has 1 aromatic rings. The summed E-state index contributed by atoms with van der Waals surface area (Å²) in [6.45, 7) is 0. The van der Waals surface area contributed by atoms with Crippen molar-refractivity contribution in [1.82, 2.24) is 4.72 Å². The van der Waals surface area contributed by atoms with E-state index in [0.717, 1.165) is 18.2 Å². The molecule has 0 heterocycles. The van der Waals surface area contributed by atoms with E-state index in [4.69, 9.17) is 10.4 Å². The molecule has 0 amide bonds. The predicted molar refractivity (Wildman–Crippen MR) is 60.5 cm³/mol. The van der Waals surface area contributed by atoms with Crippen LogP contribution < -0.4 is 4.72 Å². The topological polar surface area (TPSA) is 90.2 Å². The maximum absolute atomic E-state index is 13.1. The first-order valence-electron chi connectivity index (χ1n) is 5.32. The first-order chi connectivity index (χ1) is 8.42. The van der Waals surface area contributed by atoms with Gasteiger partial charge in [-0.2, -0.15) is 5.26 Å². The van der Waals surface area contributed by atoms with Crippen LogP contribution in [0, 0.1) is 17.1 Å². The number of aliphatic hydroxyl groups excluding tert-OH is 1. The summed E-state index contributed by atoms with van der Waals surface area (Å²) in [5, 5.41) is 17.7. The molecule has 0 atom stereocenters. The van der Waals surface area contributed by atoms with E-state index in [1.807, 2.05) is 0 Å². The van der Waals surface area contributed by atoms with Gasteiger partial charge in [0, 0.05) is 6.04 Å². The second kappa shape index (κ2) is 4.65. The Morgan fingerprint density at radius 2 is 2.11 bits per heavy atom. The summed E-state index contributed by atoms with van der Waals surface area (Å²) < 4.78 is 39.3. The first kappa shape index (κ1) is 13.0. The van der Waals surface area contributed by atoms with Gasteiger partial charge in [0.2, 0.25) is 10.0 Å². The standard InChI is InChI=1S/C11H11FN2O3S/c12-11-2-1-10(3-7(11)6-13)18(16,17)14-8-4-9(15)5-8/h1-3,8-9,14-15H,4-5H2. The third kappa shape index (κ3) is 2.51. The van der Waals surface area contributed by atoms with Crippen LogP contribution in [0.15, 0.2) is 23.1 Å². The van der Waals surface area contributed by atoms with E-state index < -0.39 is 21.9 Å². The lowest BCUT2D eigenvalue weighted by Crippen LogP contribution is -2.46. The highest BCUT2D eigenvalue weighted by Gasteiger charge is 2.31. The number of nitriles is 1. The summed E-state index contributed by atoms with van der Waals surface area (Å²) in [5.41, 5.74) is -0.313. The fraction of sp³-hybridized carbons (Fsp3) is 0.364. The Kier molecular flexibility index (Phi) is 3.34. The number of rotatable bonds is 3. The largest absolute Gasteiger partial charge is 0.393 e. The molecule has 0 bridgehead atoms. The van der Waals surface area contributed by atoms with Crippen LogP contribution in [0.2, 0.25) is 0 Å². The van der Waals surface area contributed by atoms with Crippen molar-refractivity contribution in [3.63, 3.8) is 0 Å². The molecule has 2 rings (SSSR count). The Balaban J connectivity index is 2.22. The molecule has 0 radical (unpaired) electrons. The molecule has 0 aromatic heterocycles. The van der Waals surface area contributed by atoms with Gasteiger partial charge >= 0.3 is 0 Å². The van der Waals surface area contributed by atoms with Crippen LogP contribution in [0.4, 0.5) is 4.39 Å². The van der Waals surface area contributed by atoms with Crippen LogP contribution in [0.1, 0.15) is 18.4 Å². The SMILES string of the molecule is N#Cc1cc(S(=O)(=O)NC2CC(O)C2)ccc1F. The van der Waals surface area contributed by atoms with Gasteiger partial charge in [0.25, 0.3) is 0 Å². The minimum Gasteiger partial charge on any atom is -0.393 e. The average molecular weight is 270 g/mol. The number of nitrogens with zero attached hydrogens (tertiary/aromatic N) is 1. The number of hydrogen-bond donors (Lipinski definition) is 2. The average Bonchev–Trinajstić information content (AvgIpc) is 2.27. The van der Waals surface area contributed by atoms with Gasteiger partial charge in [-0.05, 0) is 31.0 Å². The van der Waals surface area contributed by atoms with Crippen LogP contribution in [-0.2, 0) is 10.0 Å². The molecule has 2 N–H and O–H groups in total. The van der Waals surface area contributed by atoms with Crippen molar-refractivity contribution in [1.29, 1.82) is 5.26 Å². The molecule has 0 unspecified atom stereocenters. The molecule has 1 fully saturated rings. The number of hydrogen-bond acceptors (Lipinski definition) is 4. The Hall–Kier alpha value is -1.49. The number of benzene rings is 1. The molecule has 1 saturated carbocycles. The molecule has 0 saturated heterocycles. The van der Waals surface area contributed by atoms with E-state index >= 15 is 0 Å². The Morgan fingerprint density at radius 3 is 2.67 bits per heavy atom. The van der Waals surface area contributed by atoms with E-state index in [1.165, 1.54) is 0 Å². The van der Waals surface area contributed by atoms with Gasteiger partial charge in [-0.25, -0.2) is 17.5 Å². The predicted octanol–water partition coefficient (Wildman–Crippen LogP) is 0.499. The van der Waals surface area contributed by atoms with Gasteiger partial charge < -0.3 is 5.11 Å². The molecule has 7 heteroatoms. The van der Waals surface area contributed by atoms with E-state index in [0.29, 0.717) is 12.8 Å². The lowest BCUT2D eigenvalue weighted by molar-refractivity contribution is 0.0712. The van der Waals surface area contributed by atoms with Gasteiger partial charge in [0.15, 0.2) is 0 Å². The van der Waals surface area contributed by atoms with Crippen LogP contribution in [-0.4, -0.2) is 25.7 Å². The van der Waals surface area contributed by atoms with E-state index in [-0.39, 0.29) is 16.5 Å². The maximum Gasteiger partial charge on any atom is 0.240 e. The fourth-order valence-electron chi connectivity index (χ4n) is 1.73. The van der Waals surface area contributed by atoms with E-state index in [1.54, 1.807) is 6.07 Å². The molecule has 5 nitrogen and oxygen atoms in total. The van der Waals surface area contributed by atoms with Crippen molar-refractivity contribution in [2.24, 2.45) is 0 Å². The van der Waals surface area contributed by atoms with Crippen LogP contribution in [0.25, 0.3) is 0 Å². The van der Waals surface area contributed by atoms with E-state index in [2.05, 4.69) is 4.72 Å². The zero-order valence-electron chi connectivity index (χ0n) is 9.30. The molecule has 0 spiro atoms. The Morgan fingerprint density at radius 1 is 1.44 bits per heavy atom. The maximum atomic E-state index is 13.1. The smallest absolute Gasteiger partial charge is 0.240 e. The highest BCUT2D eigenvalue weighted by atomic mass is 32.2. The van der Waals surface area contributed by atoms with Gasteiger partial charge in [0.1, 0.15) is 11.9 Å². The number of halogens is 1. The second-order valence-corrected chi connectivity index (χ2v) is 5.91. The lowest BCUT2D eigenvalue weighted by Gasteiger charge is -2.31. The normalized spacial score (nSPS) is 23.2. The molecule has 18 heavy (non-hydrogen) atoms. The number of aliphatic hydroxyl groups is 1. The number of sulfonamides is 1. The van der Waals surface area contributed by atoms with Crippen LogP contribution >= 0.6 is 0 Å². The highest BCUT2D eigenvalue weighted by Crippen LogP contribution is 2.22. The quantitative estimate of drug-likeness (QED) is 0.836. The first-order valence-corrected chi connectivity index (χ1v) is 6.81. The second-order valence-electron chi connectivity index (χ2n) is 4.20. The molecule has 96 valence electrons. The van der Waals surface area contributed by atoms with Gasteiger partial charge in [-0.3, -0.25) is 0 Å². The van der Waals surface area contributed by atoms with Gasteiger partial charge in [0.05, 0.1) is 16.6 Å². The molecule has 1 aliphatic rings. The third-order valence-electron chi connectivity index (χ3n) is 2.80. The van der Waals surface area contributed by atoms with Gasteiger partial charge in [-0.15, -0.1) is 0 Å². The minimum absolute atomic E-state index is 0.151. The Labute approximate surface area is 104 Å². The molecular weight excluding hydrogens is 259 g/mol. The molecule has 0 aliphatic heterocycles. The van der Waals surface area contributed by atoms with E-state index in [9.17, 15) is 12.8 Å². The zero-order valence-corrected chi connectivity index (χ0v) is 10.1. The zero-order chi connectivity index (χ0) is 13.3. The van der Waals surface area contributed by atoms with Crippen molar-refractivity contribution in [2.45, 2.75) is 29.9 Å². The van der Waals surface area contributed by atoms with Crippen molar-refractivity contribution < 1.29 is 17.9 Å². The highest BCUT2D eigenvalue weighted by molar-refractivity contribution is 7.89. The van der Waals surface area contributed by atoms with Crippen LogP contribution in [0.3, 0.4) is 0 Å². The summed E-state index contributed by atoms with van der Waals surface area (Å²) in [7, 11) is -3.77. The molecule has 1 aliphatic carbocycles. The minimum atomic E-state index is -3.77. The monoisotopic (exact) mass is 270 g/mol. The third-order valence-corrected chi connectivity index (χ3v) is 4.32. The van der Waals surface area contributed by atoms with Crippen molar-refractivity contribution in [3.8, 4) is 6.07 Å². The number of nitrogens with one attached hydrogen (secondary N) is 1. The lowest BCUT2D eigenvalue weighted by atomic mass is 9.91. The van der Waals surface area contributed by atoms with Crippen molar-refractivity contribution in [2.75, 3.05) is 0 Å². The summed E-state index contributed by atoms with van der Waals surface area (Å²) in [6, 6.07) is 4.33. The summed E-state index contributed by atoms with van der Waals surface area (Å²) >= 11 is 0. The van der Waals surface area contributed by atoms with Crippen LogP contribution in [0.5, 0.6) is 0 Å². The van der Waals surface area contributed by atoms with Crippen molar-refractivity contribution >= 4 is 10.0 Å².